The molecule has 3 rings (SSSR count). The zero-order chi connectivity index (χ0) is 15.0. The highest BCUT2D eigenvalue weighted by atomic mass is 79.9. The van der Waals surface area contributed by atoms with Gasteiger partial charge in [0.15, 0.2) is 0 Å². The standard InChI is InChI=1S/C16H19BrClNO2/c17-12-4-5-14(18)13(9-12)15(20)19-8-7-16(21)6-2-1-3-11(16)10-19/h4-5,9,11,21H,1-3,6-8,10H2. The Morgan fingerprint density at radius 3 is 3.00 bits per heavy atom. The van der Waals surface area contributed by atoms with Gasteiger partial charge in [-0.25, -0.2) is 0 Å². The molecule has 0 bridgehead atoms. The van der Waals surface area contributed by atoms with E-state index in [-0.39, 0.29) is 11.8 Å². The number of nitrogens with zero attached hydrogens (tertiary/aromatic N) is 1. The Morgan fingerprint density at radius 2 is 2.19 bits per heavy atom. The van der Waals surface area contributed by atoms with Gasteiger partial charge in [0.2, 0.25) is 0 Å². The van der Waals surface area contributed by atoms with Crippen molar-refractivity contribution in [2.45, 2.75) is 37.7 Å². The molecule has 114 valence electrons. The second-order valence-corrected chi connectivity index (χ2v) is 7.49. The van der Waals surface area contributed by atoms with Crippen molar-refractivity contribution in [1.29, 1.82) is 0 Å². The zero-order valence-corrected chi connectivity index (χ0v) is 14.2. The van der Waals surface area contributed by atoms with E-state index in [2.05, 4.69) is 15.9 Å². The fourth-order valence-corrected chi connectivity index (χ4v) is 4.15. The highest BCUT2D eigenvalue weighted by Gasteiger charge is 2.43. The third-order valence-corrected chi connectivity index (χ3v) is 5.70. The number of halogens is 2. The van der Waals surface area contributed by atoms with Crippen molar-refractivity contribution >= 4 is 33.4 Å². The summed E-state index contributed by atoms with van der Waals surface area (Å²) in [6, 6.07) is 5.33. The van der Waals surface area contributed by atoms with E-state index in [0.717, 1.165) is 30.2 Å². The number of carbonyl (C=O) groups is 1. The number of fused-ring (bicyclic) bond motifs is 1. The molecule has 1 saturated carbocycles. The molecular weight excluding hydrogens is 354 g/mol. The van der Waals surface area contributed by atoms with E-state index >= 15 is 0 Å². The average molecular weight is 373 g/mol. The highest BCUT2D eigenvalue weighted by molar-refractivity contribution is 9.10. The van der Waals surface area contributed by atoms with E-state index in [1.807, 2.05) is 11.0 Å². The molecule has 2 unspecified atom stereocenters. The summed E-state index contributed by atoms with van der Waals surface area (Å²) >= 11 is 9.54. The van der Waals surface area contributed by atoms with Crippen molar-refractivity contribution in [1.82, 2.24) is 4.90 Å². The molecule has 1 aliphatic carbocycles. The second kappa shape index (κ2) is 5.90. The molecule has 0 aromatic heterocycles. The first-order chi connectivity index (χ1) is 9.99. The molecule has 1 aromatic carbocycles. The smallest absolute Gasteiger partial charge is 0.255 e. The van der Waals surface area contributed by atoms with E-state index < -0.39 is 5.60 Å². The molecule has 2 atom stereocenters. The molecule has 1 aromatic rings. The van der Waals surface area contributed by atoms with Gasteiger partial charge >= 0.3 is 0 Å². The molecule has 5 heteroatoms. The minimum Gasteiger partial charge on any atom is -0.389 e. The van der Waals surface area contributed by atoms with Gasteiger partial charge in [-0.15, -0.1) is 0 Å². The van der Waals surface area contributed by atoms with Gasteiger partial charge in [0, 0.05) is 23.5 Å². The van der Waals surface area contributed by atoms with Crippen molar-refractivity contribution in [3.05, 3.63) is 33.3 Å². The van der Waals surface area contributed by atoms with Gasteiger partial charge in [-0.05, 0) is 37.5 Å². The van der Waals surface area contributed by atoms with Gasteiger partial charge < -0.3 is 10.0 Å². The Labute approximate surface area is 138 Å². The van der Waals surface area contributed by atoms with Crippen LogP contribution in [0, 0.1) is 5.92 Å². The minimum atomic E-state index is -0.559. The fourth-order valence-electron chi connectivity index (χ4n) is 3.59. The van der Waals surface area contributed by atoms with E-state index in [0.29, 0.717) is 30.1 Å². The normalized spacial score (nSPS) is 29.1. The topological polar surface area (TPSA) is 40.5 Å². The third kappa shape index (κ3) is 2.99. The zero-order valence-electron chi connectivity index (χ0n) is 11.8. The SMILES string of the molecule is O=C(c1cc(Br)ccc1Cl)N1CCC2(O)CCCCC2C1. The molecule has 2 aliphatic rings. The second-order valence-electron chi connectivity index (χ2n) is 6.17. The van der Waals surface area contributed by atoms with Crippen LogP contribution in [0.15, 0.2) is 22.7 Å². The summed E-state index contributed by atoms with van der Waals surface area (Å²) in [5, 5.41) is 11.2. The number of rotatable bonds is 1. The van der Waals surface area contributed by atoms with Crippen molar-refractivity contribution in [3.63, 3.8) is 0 Å². The van der Waals surface area contributed by atoms with E-state index in [1.54, 1.807) is 12.1 Å². The molecule has 0 radical (unpaired) electrons. The first kappa shape index (κ1) is 15.3. The number of benzene rings is 1. The number of hydrogen-bond acceptors (Lipinski definition) is 2. The van der Waals surface area contributed by atoms with Crippen LogP contribution < -0.4 is 0 Å². The number of hydrogen-bond donors (Lipinski definition) is 1. The van der Waals surface area contributed by atoms with Gasteiger partial charge in [0.1, 0.15) is 0 Å². The Bertz CT molecular complexity index is 565. The van der Waals surface area contributed by atoms with Crippen LogP contribution in [-0.4, -0.2) is 34.6 Å². The van der Waals surface area contributed by atoms with Gasteiger partial charge in [0.05, 0.1) is 16.2 Å². The average Bonchev–Trinajstić information content (AvgIpc) is 2.48. The predicted octanol–water partition coefficient (Wildman–Crippen LogP) is 3.87. The van der Waals surface area contributed by atoms with E-state index in [4.69, 9.17) is 11.6 Å². The monoisotopic (exact) mass is 371 g/mol. The number of carbonyl (C=O) groups excluding carboxylic acids is 1. The van der Waals surface area contributed by atoms with Crippen LogP contribution in [0.5, 0.6) is 0 Å². The largest absolute Gasteiger partial charge is 0.389 e. The molecule has 0 spiro atoms. The van der Waals surface area contributed by atoms with Crippen LogP contribution >= 0.6 is 27.5 Å². The Hall–Kier alpha value is -0.580. The number of likely N-dealkylation sites (tertiary alicyclic amines) is 1. The molecule has 2 fully saturated rings. The number of amides is 1. The number of aliphatic hydroxyl groups is 1. The summed E-state index contributed by atoms with van der Waals surface area (Å²) in [6.07, 6.45) is 4.80. The Kier molecular flexibility index (Phi) is 4.30. The highest BCUT2D eigenvalue weighted by Crippen LogP contribution is 2.40. The molecule has 1 aliphatic heterocycles. The van der Waals surface area contributed by atoms with Crippen LogP contribution in [-0.2, 0) is 0 Å². The number of piperidine rings is 1. The maximum absolute atomic E-state index is 12.7. The van der Waals surface area contributed by atoms with Crippen LogP contribution in [0.4, 0.5) is 0 Å². The predicted molar refractivity (Wildman–Crippen MR) is 86.6 cm³/mol. The molecule has 3 nitrogen and oxygen atoms in total. The lowest BCUT2D eigenvalue weighted by Gasteiger charge is -2.47. The van der Waals surface area contributed by atoms with E-state index in [9.17, 15) is 9.90 Å². The van der Waals surface area contributed by atoms with Gasteiger partial charge in [-0.3, -0.25) is 4.79 Å². The van der Waals surface area contributed by atoms with Crippen LogP contribution in [0.1, 0.15) is 42.5 Å². The quantitative estimate of drug-likeness (QED) is 0.813. The molecule has 1 heterocycles. The summed E-state index contributed by atoms with van der Waals surface area (Å²) < 4.78 is 0.849. The summed E-state index contributed by atoms with van der Waals surface area (Å²) in [6.45, 7) is 1.24. The van der Waals surface area contributed by atoms with Crippen molar-refractivity contribution in [2.75, 3.05) is 13.1 Å². The van der Waals surface area contributed by atoms with E-state index in [1.165, 1.54) is 0 Å². The molecule has 1 saturated heterocycles. The molecule has 21 heavy (non-hydrogen) atoms. The maximum Gasteiger partial charge on any atom is 0.255 e. The van der Waals surface area contributed by atoms with Crippen molar-refractivity contribution in [3.8, 4) is 0 Å². The summed E-state index contributed by atoms with van der Waals surface area (Å²) in [4.78, 5) is 14.5. The lowest BCUT2D eigenvalue weighted by atomic mass is 9.71. The molecule has 1 amide bonds. The summed E-state index contributed by atoms with van der Waals surface area (Å²) in [5.74, 6) is 0.170. The first-order valence-corrected chi connectivity index (χ1v) is 8.63. The Balaban J connectivity index is 1.79. The summed E-state index contributed by atoms with van der Waals surface area (Å²) in [5.41, 5.74) is -0.0249. The van der Waals surface area contributed by atoms with Crippen LogP contribution in [0.2, 0.25) is 5.02 Å². The van der Waals surface area contributed by atoms with Gasteiger partial charge in [0.25, 0.3) is 5.91 Å². The molecular formula is C16H19BrClNO2. The van der Waals surface area contributed by atoms with Crippen LogP contribution in [0.3, 0.4) is 0 Å². The third-order valence-electron chi connectivity index (χ3n) is 4.87. The van der Waals surface area contributed by atoms with Crippen molar-refractivity contribution < 1.29 is 9.90 Å². The minimum absolute atomic E-state index is 0.0334. The lowest BCUT2D eigenvalue weighted by molar-refractivity contribution is -0.0886. The van der Waals surface area contributed by atoms with Gasteiger partial charge in [-0.2, -0.15) is 0 Å². The molecule has 1 N–H and O–H groups in total. The fraction of sp³-hybridized carbons (Fsp3) is 0.562. The summed E-state index contributed by atoms with van der Waals surface area (Å²) in [7, 11) is 0. The van der Waals surface area contributed by atoms with Crippen LogP contribution in [0.25, 0.3) is 0 Å². The van der Waals surface area contributed by atoms with Crippen molar-refractivity contribution in [2.24, 2.45) is 5.92 Å². The first-order valence-electron chi connectivity index (χ1n) is 7.46. The Morgan fingerprint density at radius 1 is 1.38 bits per heavy atom. The lowest BCUT2D eigenvalue weighted by Crippen LogP contribution is -2.54. The van der Waals surface area contributed by atoms with Gasteiger partial charge in [-0.1, -0.05) is 40.4 Å². The maximum atomic E-state index is 12.7.